The summed E-state index contributed by atoms with van der Waals surface area (Å²) in [5, 5.41) is 10.0. The molecule has 0 saturated heterocycles. The number of ether oxygens (including phenoxy) is 1. The van der Waals surface area contributed by atoms with Crippen molar-refractivity contribution in [3.05, 3.63) is 12.2 Å². The second-order valence-electron chi connectivity index (χ2n) is 5.60. The fraction of sp³-hybridized carbons (Fsp3) is 0.812. The number of aliphatic hydroxyl groups excluding tert-OH is 1. The summed E-state index contributed by atoms with van der Waals surface area (Å²) < 4.78 is 4.88. The molecule has 0 aromatic heterocycles. The van der Waals surface area contributed by atoms with Gasteiger partial charge in [-0.25, -0.2) is 0 Å². The Hall–Kier alpha value is -0.830. The van der Waals surface area contributed by atoms with Crippen LogP contribution in [-0.4, -0.2) is 24.3 Å². The first kappa shape index (κ1) is 16.2. The summed E-state index contributed by atoms with van der Waals surface area (Å²) in [4.78, 5) is 11.9. The Morgan fingerprint density at radius 3 is 2.42 bits per heavy atom. The van der Waals surface area contributed by atoms with Gasteiger partial charge in [-0.2, -0.15) is 0 Å². The van der Waals surface area contributed by atoms with E-state index in [1.54, 1.807) is 6.08 Å². The van der Waals surface area contributed by atoms with Gasteiger partial charge in [0.25, 0.3) is 0 Å². The van der Waals surface area contributed by atoms with Crippen molar-refractivity contribution < 1.29 is 14.6 Å². The third kappa shape index (κ3) is 4.34. The van der Waals surface area contributed by atoms with Crippen LogP contribution in [0.25, 0.3) is 0 Å². The normalized spacial score (nSPS) is 25.7. The molecule has 19 heavy (non-hydrogen) atoms. The Balaban J connectivity index is 2.29. The lowest BCUT2D eigenvalue weighted by atomic mass is 9.78. The van der Waals surface area contributed by atoms with Crippen molar-refractivity contribution in [2.75, 3.05) is 7.11 Å². The van der Waals surface area contributed by atoms with Gasteiger partial charge in [-0.3, -0.25) is 4.79 Å². The van der Waals surface area contributed by atoms with E-state index in [-0.39, 0.29) is 5.97 Å². The monoisotopic (exact) mass is 268 g/mol. The molecular weight excluding hydrogens is 240 g/mol. The van der Waals surface area contributed by atoms with Crippen molar-refractivity contribution >= 4 is 5.97 Å². The molecule has 0 unspecified atom stereocenters. The van der Waals surface area contributed by atoms with Crippen LogP contribution >= 0.6 is 0 Å². The highest BCUT2D eigenvalue weighted by molar-refractivity contribution is 5.78. The van der Waals surface area contributed by atoms with E-state index in [9.17, 15) is 9.90 Å². The predicted molar refractivity (Wildman–Crippen MR) is 76.8 cm³/mol. The van der Waals surface area contributed by atoms with E-state index in [2.05, 4.69) is 6.92 Å². The molecule has 1 N–H and O–H groups in total. The molecule has 0 heterocycles. The van der Waals surface area contributed by atoms with Crippen LogP contribution in [0.1, 0.15) is 64.7 Å². The van der Waals surface area contributed by atoms with E-state index < -0.39 is 11.5 Å². The second kappa shape index (κ2) is 8.36. The quantitative estimate of drug-likeness (QED) is 0.395. The van der Waals surface area contributed by atoms with Gasteiger partial charge < -0.3 is 9.84 Å². The van der Waals surface area contributed by atoms with Gasteiger partial charge >= 0.3 is 5.97 Å². The molecule has 2 atom stereocenters. The number of unbranched alkanes of at least 4 members (excludes halogenated alkanes) is 6. The third-order valence-electron chi connectivity index (χ3n) is 4.19. The van der Waals surface area contributed by atoms with Gasteiger partial charge in [-0.15, -0.1) is 0 Å². The van der Waals surface area contributed by atoms with Crippen molar-refractivity contribution in [1.29, 1.82) is 0 Å². The van der Waals surface area contributed by atoms with Crippen molar-refractivity contribution in [2.45, 2.75) is 70.8 Å². The molecule has 0 spiro atoms. The van der Waals surface area contributed by atoms with E-state index in [1.807, 2.05) is 6.08 Å². The zero-order valence-electron chi connectivity index (χ0n) is 12.4. The maximum atomic E-state index is 11.9. The minimum atomic E-state index is -0.710. The Kier molecular flexibility index (Phi) is 7.14. The molecule has 0 saturated carbocycles. The number of methoxy groups -OCH3 is 1. The first-order chi connectivity index (χ1) is 9.17. The summed E-state index contributed by atoms with van der Waals surface area (Å²) in [6, 6.07) is 0. The van der Waals surface area contributed by atoms with Crippen LogP contribution in [0, 0.1) is 5.41 Å². The van der Waals surface area contributed by atoms with Crippen molar-refractivity contribution in [3.63, 3.8) is 0 Å². The van der Waals surface area contributed by atoms with Crippen molar-refractivity contribution in [3.8, 4) is 0 Å². The maximum absolute atomic E-state index is 11.9. The molecule has 0 aromatic carbocycles. The lowest BCUT2D eigenvalue weighted by Gasteiger charge is -2.29. The summed E-state index contributed by atoms with van der Waals surface area (Å²) in [6.45, 7) is 2.22. The van der Waals surface area contributed by atoms with Gasteiger partial charge in [0.2, 0.25) is 0 Å². The summed E-state index contributed by atoms with van der Waals surface area (Å²) in [5.41, 5.74) is -0.710. The zero-order chi connectivity index (χ0) is 14.1. The van der Waals surface area contributed by atoms with Gasteiger partial charge in [0.15, 0.2) is 0 Å². The van der Waals surface area contributed by atoms with Crippen molar-refractivity contribution in [2.24, 2.45) is 5.41 Å². The van der Waals surface area contributed by atoms with Gasteiger partial charge in [0.1, 0.15) is 5.41 Å². The molecule has 0 radical (unpaired) electrons. The number of hydrogen-bond donors (Lipinski definition) is 1. The number of aliphatic hydroxyl groups is 1. The number of carbonyl (C=O) groups is 1. The molecule has 110 valence electrons. The number of esters is 1. The van der Waals surface area contributed by atoms with Crippen LogP contribution in [-0.2, 0) is 9.53 Å². The van der Waals surface area contributed by atoms with Crippen LogP contribution < -0.4 is 0 Å². The minimum absolute atomic E-state index is 0.268. The van der Waals surface area contributed by atoms with Crippen LogP contribution in [0.15, 0.2) is 12.2 Å². The van der Waals surface area contributed by atoms with Crippen LogP contribution in [0.3, 0.4) is 0 Å². The van der Waals surface area contributed by atoms with E-state index >= 15 is 0 Å². The lowest BCUT2D eigenvalue weighted by molar-refractivity contribution is -0.158. The second-order valence-corrected chi connectivity index (χ2v) is 5.60. The average molecular weight is 268 g/mol. The SMILES string of the molecule is CCCCCCCCC[C@]1(C(=O)OC)CC=C[C@@H]1O. The zero-order valence-corrected chi connectivity index (χ0v) is 12.4. The minimum Gasteiger partial charge on any atom is -0.468 e. The Labute approximate surface area is 117 Å². The van der Waals surface area contributed by atoms with Crippen LogP contribution in [0.4, 0.5) is 0 Å². The topological polar surface area (TPSA) is 46.5 Å². The number of carbonyl (C=O) groups excluding carboxylic acids is 1. The van der Waals surface area contributed by atoms with E-state index in [1.165, 1.54) is 39.2 Å². The molecular formula is C16H28O3. The number of rotatable bonds is 9. The first-order valence-corrected chi connectivity index (χ1v) is 7.60. The highest BCUT2D eigenvalue weighted by atomic mass is 16.5. The van der Waals surface area contributed by atoms with Crippen molar-refractivity contribution in [1.82, 2.24) is 0 Å². The standard InChI is InChI=1S/C16H28O3/c1-3-4-5-6-7-8-9-12-16(15(18)19-2)13-10-11-14(16)17/h10-11,14,17H,3-9,12-13H2,1-2H3/t14-,16-/m0/s1. The highest BCUT2D eigenvalue weighted by Crippen LogP contribution is 2.39. The Morgan fingerprint density at radius 2 is 1.89 bits per heavy atom. The van der Waals surface area contributed by atoms with Crippen LogP contribution in [0.5, 0.6) is 0 Å². The summed E-state index contributed by atoms with van der Waals surface area (Å²) in [7, 11) is 1.40. The molecule has 3 nitrogen and oxygen atoms in total. The number of allylic oxidation sites excluding steroid dienone is 1. The fourth-order valence-electron chi connectivity index (χ4n) is 2.87. The molecule has 0 fully saturated rings. The lowest BCUT2D eigenvalue weighted by Crippen LogP contribution is -2.39. The van der Waals surface area contributed by atoms with E-state index in [0.29, 0.717) is 6.42 Å². The first-order valence-electron chi connectivity index (χ1n) is 7.60. The third-order valence-corrected chi connectivity index (χ3v) is 4.19. The van der Waals surface area contributed by atoms with E-state index in [4.69, 9.17) is 4.74 Å². The highest BCUT2D eigenvalue weighted by Gasteiger charge is 2.46. The molecule has 0 amide bonds. The van der Waals surface area contributed by atoms with E-state index in [0.717, 1.165) is 19.3 Å². The summed E-state index contributed by atoms with van der Waals surface area (Å²) in [5.74, 6) is -0.268. The Morgan fingerprint density at radius 1 is 1.26 bits per heavy atom. The average Bonchev–Trinajstić information content (AvgIpc) is 2.79. The molecule has 1 aliphatic carbocycles. The predicted octanol–water partition coefficient (Wildman–Crippen LogP) is 3.61. The molecule has 1 aliphatic rings. The van der Waals surface area contributed by atoms with Gasteiger partial charge in [0, 0.05) is 0 Å². The van der Waals surface area contributed by atoms with Gasteiger partial charge in [0.05, 0.1) is 13.2 Å². The smallest absolute Gasteiger partial charge is 0.315 e. The molecule has 0 aromatic rings. The molecule has 0 aliphatic heterocycles. The number of hydrogen-bond acceptors (Lipinski definition) is 3. The van der Waals surface area contributed by atoms with Gasteiger partial charge in [-0.1, -0.05) is 64.0 Å². The molecule has 0 bridgehead atoms. The molecule has 1 rings (SSSR count). The van der Waals surface area contributed by atoms with Gasteiger partial charge in [-0.05, 0) is 12.8 Å². The largest absolute Gasteiger partial charge is 0.468 e. The van der Waals surface area contributed by atoms with Crippen LogP contribution in [0.2, 0.25) is 0 Å². The summed E-state index contributed by atoms with van der Waals surface area (Å²) in [6.07, 6.45) is 12.8. The maximum Gasteiger partial charge on any atom is 0.315 e. The molecule has 3 heteroatoms. The fourth-order valence-corrected chi connectivity index (χ4v) is 2.87. The Bertz CT molecular complexity index is 298. The summed E-state index contributed by atoms with van der Waals surface area (Å²) >= 11 is 0.